The standard InChI is InChI=1S/C17H17FN2O3/c18-12-4-2-11(3-5-12)13-9-20(10-17(13)6-1-7-17)16(22)14-8-15(21)19-23-14/h2-5,8,13H,1,6-7,9-10H2,(H,19,21)/t13-/m1/s1. The minimum atomic E-state index is -0.291. The third-order valence-corrected chi connectivity index (χ3v) is 5.27. The van der Waals surface area contributed by atoms with Gasteiger partial charge in [-0.3, -0.25) is 4.79 Å². The molecule has 1 aliphatic carbocycles. The van der Waals surface area contributed by atoms with Gasteiger partial charge in [-0.15, -0.1) is 0 Å². The highest BCUT2D eigenvalue weighted by molar-refractivity contribution is 5.92. The van der Waals surface area contributed by atoms with Crippen molar-refractivity contribution in [2.24, 2.45) is 5.41 Å². The number of aromatic nitrogens is 1. The number of aromatic hydroxyl groups is 1. The van der Waals surface area contributed by atoms with E-state index in [9.17, 15) is 14.3 Å². The molecule has 6 heteroatoms. The van der Waals surface area contributed by atoms with Crippen LogP contribution in [-0.4, -0.2) is 34.2 Å². The Morgan fingerprint density at radius 1 is 1.35 bits per heavy atom. The Hall–Kier alpha value is -2.37. The van der Waals surface area contributed by atoms with Crippen LogP contribution in [0.1, 0.15) is 41.3 Å². The third-order valence-electron chi connectivity index (χ3n) is 5.27. The highest BCUT2D eigenvalue weighted by atomic mass is 19.1. The zero-order valence-corrected chi connectivity index (χ0v) is 12.5. The van der Waals surface area contributed by atoms with Gasteiger partial charge in [-0.2, -0.15) is 0 Å². The van der Waals surface area contributed by atoms with Gasteiger partial charge in [0.05, 0.1) is 6.07 Å². The molecule has 120 valence electrons. The van der Waals surface area contributed by atoms with Gasteiger partial charge >= 0.3 is 0 Å². The minimum absolute atomic E-state index is 0.0525. The molecule has 1 aliphatic heterocycles. The fourth-order valence-corrected chi connectivity index (χ4v) is 3.94. The molecule has 5 nitrogen and oxygen atoms in total. The largest absolute Gasteiger partial charge is 0.491 e. The van der Waals surface area contributed by atoms with Gasteiger partial charge in [0.1, 0.15) is 5.82 Å². The van der Waals surface area contributed by atoms with Crippen LogP contribution >= 0.6 is 0 Å². The molecule has 23 heavy (non-hydrogen) atoms. The first-order chi connectivity index (χ1) is 11.1. The lowest BCUT2D eigenvalue weighted by Gasteiger charge is -2.43. The molecular weight excluding hydrogens is 299 g/mol. The highest BCUT2D eigenvalue weighted by Crippen LogP contribution is 2.55. The molecule has 1 saturated carbocycles. The van der Waals surface area contributed by atoms with Crippen LogP contribution in [0.15, 0.2) is 34.9 Å². The van der Waals surface area contributed by atoms with Crippen LogP contribution in [-0.2, 0) is 0 Å². The molecule has 1 spiro atoms. The monoisotopic (exact) mass is 316 g/mol. The Balaban J connectivity index is 1.61. The first-order valence-corrected chi connectivity index (χ1v) is 7.78. The van der Waals surface area contributed by atoms with Gasteiger partial charge in [0, 0.05) is 19.0 Å². The molecule has 4 rings (SSSR count). The van der Waals surface area contributed by atoms with Crippen LogP contribution in [0.2, 0.25) is 0 Å². The highest BCUT2D eigenvalue weighted by Gasteiger charge is 2.52. The Morgan fingerprint density at radius 2 is 2.09 bits per heavy atom. The lowest BCUT2D eigenvalue weighted by atomic mass is 9.61. The molecule has 1 N–H and O–H groups in total. The first kappa shape index (κ1) is 14.2. The van der Waals surface area contributed by atoms with Crippen LogP contribution in [0.25, 0.3) is 0 Å². The van der Waals surface area contributed by atoms with E-state index in [-0.39, 0.29) is 34.7 Å². The summed E-state index contributed by atoms with van der Waals surface area (Å²) >= 11 is 0. The van der Waals surface area contributed by atoms with Crippen LogP contribution < -0.4 is 0 Å². The lowest BCUT2D eigenvalue weighted by Crippen LogP contribution is -2.37. The number of carbonyl (C=O) groups excluding carboxylic acids is 1. The second kappa shape index (κ2) is 5.08. The van der Waals surface area contributed by atoms with Crippen molar-refractivity contribution in [3.05, 3.63) is 47.5 Å². The van der Waals surface area contributed by atoms with Crippen molar-refractivity contribution in [2.75, 3.05) is 13.1 Å². The van der Waals surface area contributed by atoms with Crippen molar-refractivity contribution >= 4 is 5.91 Å². The van der Waals surface area contributed by atoms with Crippen LogP contribution in [0.3, 0.4) is 0 Å². The van der Waals surface area contributed by atoms with Crippen molar-refractivity contribution in [3.63, 3.8) is 0 Å². The molecular formula is C17H17FN2O3. The number of nitrogens with zero attached hydrogens (tertiary/aromatic N) is 2. The predicted octanol–water partition coefficient (Wildman–Crippen LogP) is 2.93. The minimum Gasteiger partial charge on any atom is -0.491 e. The number of amides is 1. The predicted molar refractivity (Wildman–Crippen MR) is 79.5 cm³/mol. The average Bonchev–Trinajstić information content (AvgIpc) is 3.11. The fraction of sp³-hybridized carbons (Fsp3) is 0.412. The number of carbonyl (C=O) groups is 1. The third kappa shape index (κ3) is 2.29. The fourth-order valence-electron chi connectivity index (χ4n) is 3.94. The van der Waals surface area contributed by atoms with Crippen molar-refractivity contribution in [3.8, 4) is 5.88 Å². The summed E-state index contributed by atoms with van der Waals surface area (Å²) in [5.41, 5.74) is 1.15. The molecule has 1 aromatic carbocycles. The molecule has 1 aromatic heterocycles. The van der Waals surface area contributed by atoms with Crippen molar-refractivity contribution in [1.29, 1.82) is 0 Å². The Labute approximate surface area is 132 Å². The second-order valence-electron chi connectivity index (χ2n) is 6.56. The normalized spacial score (nSPS) is 22.3. The molecule has 0 unspecified atom stereocenters. The maximum atomic E-state index is 13.2. The SMILES string of the molecule is O=C(c1cc(O)no1)N1C[C@H](c2ccc(F)cc2)C2(CCC2)C1. The van der Waals surface area contributed by atoms with Gasteiger partial charge in [0.2, 0.25) is 5.76 Å². The van der Waals surface area contributed by atoms with E-state index in [1.165, 1.54) is 18.2 Å². The zero-order valence-electron chi connectivity index (χ0n) is 12.5. The Bertz CT molecular complexity index is 737. The van der Waals surface area contributed by atoms with Gasteiger partial charge in [-0.1, -0.05) is 18.6 Å². The molecule has 2 aromatic rings. The molecule has 1 amide bonds. The molecule has 2 aliphatic rings. The summed E-state index contributed by atoms with van der Waals surface area (Å²) in [5.74, 6) is -0.539. The van der Waals surface area contributed by atoms with Crippen LogP contribution in [0.5, 0.6) is 5.88 Å². The van der Waals surface area contributed by atoms with E-state index in [0.29, 0.717) is 13.1 Å². The number of halogens is 1. The van der Waals surface area contributed by atoms with E-state index in [0.717, 1.165) is 24.8 Å². The lowest BCUT2D eigenvalue weighted by molar-refractivity contribution is 0.0686. The summed E-state index contributed by atoms with van der Waals surface area (Å²) in [6.45, 7) is 1.24. The molecule has 1 atom stereocenters. The second-order valence-corrected chi connectivity index (χ2v) is 6.56. The van der Waals surface area contributed by atoms with Gasteiger partial charge in [-0.25, -0.2) is 4.39 Å². The maximum absolute atomic E-state index is 13.2. The molecule has 1 saturated heterocycles. The van der Waals surface area contributed by atoms with Crippen molar-refractivity contribution < 1.29 is 18.8 Å². The van der Waals surface area contributed by atoms with Crippen molar-refractivity contribution in [2.45, 2.75) is 25.2 Å². The smallest absolute Gasteiger partial charge is 0.292 e. The summed E-state index contributed by atoms with van der Waals surface area (Å²) < 4.78 is 18.1. The van der Waals surface area contributed by atoms with Gasteiger partial charge in [-0.05, 0) is 41.1 Å². The number of hydrogen-bond acceptors (Lipinski definition) is 4. The van der Waals surface area contributed by atoms with Crippen molar-refractivity contribution in [1.82, 2.24) is 10.1 Å². The summed E-state index contributed by atoms with van der Waals surface area (Å²) in [5, 5.41) is 12.6. The molecule has 2 fully saturated rings. The van der Waals surface area contributed by atoms with Crippen LogP contribution in [0.4, 0.5) is 4.39 Å². The Morgan fingerprint density at radius 3 is 2.65 bits per heavy atom. The first-order valence-electron chi connectivity index (χ1n) is 7.78. The van der Waals surface area contributed by atoms with E-state index in [1.54, 1.807) is 4.90 Å². The maximum Gasteiger partial charge on any atom is 0.292 e. The topological polar surface area (TPSA) is 66.6 Å². The van der Waals surface area contributed by atoms with E-state index < -0.39 is 0 Å². The molecule has 2 heterocycles. The van der Waals surface area contributed by atoms with E-state index in [4.69, 9.17) is 4.52 Å². The summed E-state index contributed by atoms with van der Waals surface area (Å²) in [7, 11) is 0. The number of benzene rings is 1. The zero-order chi connectivity index (χ0) is 16.0. The summed E-state index contributed by atoms with van der Waals surface area (Å²) in [4.78, 5) is 14.3. The Kier molecular flexibility index (Phi) is 3.14. The quantitative estimate of drug-likeness (QED) is 0.925. The van der Waals surface area contributed by atoms with E-state index >= 15 is 0 Å². The van der Waals surface area contributed by atoms with Gasteiger partial charge < -0.3 is 14.5 Å². The summed E-state index contributed by atoms with van der Waals surface area (Å²) in [6.07, 6.45) is 3.30. The molecule has 0 radical (unpaired) electrons. The van der Waals surface area contributed by atoms with Gasteiger partial charge in [0.15, 0.2) is 0 Å². The number of rotatable bonds is 2. The van der Waals surface area contributed by atoms with E-state index in [2.05, 4.69) is 5.16 Å². The number of hydrogen-bond donors (Lipinski definition) is 1. The van der Waals surface area contributed by atoms with Gasteiger partial charge in [0.25, 0.3) is 11.8 Å². The molecule has 0 bridgehead atoms. The summed E-state index contributed by atoms with van der Waals surface area (Å²) in [6, 6.07) is 7.81. The average molecular weight is 316 g/mol. The number of likely N-dealkylation sites (tertiary alicyclic amines) is 1. The van der Waals surface area contributed by atoms with E-state index in [1.807, 2.05) is 12.1 Å². The van der Waals surface area contributed by atoms with Crippen LogP contribution in [0, 0.1) is 11.2 Å².